The molecule has 0 nitrogen and oxygen atoms in total. The van der Waals surface area contributed by atoms with Gasteiger partial charge in [0.15, 0.2) is 0 Å². The van der Waals surface area contributed by atoms with Crippen molar-refractivity contribution in [2.45, 2.75) is 6.92 Å². The van der Waals surface area contributed by atoms with Gasteiger partial charge in [-0.05, 0) is 18.6 Å². The third-order valence-corrected chi connectivity index (χ3v) is 1.51. The molecule has 0 bridgehead atoms. The highest BCUT2D eigenvalue weighted by molar-refractivity contribution is 5.52. The molecule has 0 heterocycles. The zero-order chi connectivity index (χ0) is 8.43. The van der Waals surface area contributed by atoms with Crippen LogP contribution in [0.3, 0.4) is 0 Å². The molecule has 1 aromatic rings. The lowest BCUT2D eigenvalue weighted by molar-refractivity contribution is 0.579. The molecule has 0 aromatic heterocycles. The Kier molecular flexibility index (Phi) is 2.03. The van der Waals surface area contributed by atoms with Crippen LogP contribution < -0.4 is 0 Å². The molecule has 1 aromatic carbocycles. The predicted octanol–water partition coefficient (Wildman–Crippen LogP) is 2.92. The molecule has 0 radical (unpaired) electrons. The second kappa shape index (κ2) is 2.82. The fraction of sp³-hybridized carbons (Fsp3) is 0.111. The number of hydrogen-bond acceptors (Lipinski definition) is 0. The Morgan fingerprint density at radius 3 is 2.45 bits per heavy atom. The molecule has 0 saturated carbocycles. The highest BCUT2D eigenvalue weighted by Crippen LogP contribution is 2.15. The lowest BCUT2D eigenvalue weighted by atomic mass is 10.1. The molecule has 0 aliphatic heterocycles. The molecule has 0 unspecified atom stereocenters. The van der Waals surface area contributed by atoms with Crippen LogP contribution in [0.2, 0.25) is 0 Å². The molecule has 58 valence electrons. The Morgan fingerprint density at radius 1 is 1.36 bits per heavy atom. The summed E-state index contributed by atoms with van der Waals surface area (Å²) in [5.74, 6) is -1.11. The number of halogens is 2. The number of benzene rings is 1. The highest BCUT2D eigenvalue weighted by Gasteiger charge is 2.03. The Labute approximate surface area is 64.2 Å². The smallest absolute Gasteiger partial charge is 0.133 e. The summed E-state index contributed by atoms with van der Waals surface area (Å²) in [6, 6.07) is 2.13. The lowest BCUT2D eigenvalue weighted by Crippen LogP contribution is -1.88. The summed E-state index contributed by atoms with van der Waals surface area (Å²) in [4.78, 5) is 0. The number of rotatable bonds is 1. The monoisotopic (exact) mass is 154 g/mol. The third-order valence-electron chi connectivity index (χ3n) is 1.51. The average Bonchev–Trinajstić information content (AvgIpc) is 1.85. The van der Waals surface area contributed by atoms with E-state index in [1.807, 2.05) is 0 Å². The minimum Gasteiger partial charge on any atom is -0.207 e. The maximum Gasteiger partial charge on any atom is 0.133 e. The van der Waals surface area contributed by atoms with Crippen LogP contribution >= 0.6 is 0 Å². The van der Waals surface area contributed by atoms with E-state index in [9.17, 15) is 8.78 Å². The van der Waals surface area contributed by atoms with Crippen molar-refractivity contribution in [3.63, 3.8) is 0 Å². The van der Waals surface area contributed by atoms with E-state index >= 15 is 0 Å². The van der Waals surface area contributed by atoms with Gasteiger partial charge < -0.3 is 0 Å². The highest BCUT2D eigenvalue weighted by atomic mass is 19.1. The van der Waals surface area contributed by atoms with Gasteiger partial charge in [0.2, 0.25) is 0 Å². The zero-order valence-corrected chi connectivity index (χ0v) is 6.20. The quantitative estimate of drug-likeness (QED) is 0.583. The first kappa shape index (κ1) is 7.92. The van der Waals surface area contributed by atoms with E-state index in [4.69, 9.17) is 0 Å². The summed E-state index contributed by atoms with van der Waals surface area (Å²) in [5.41, 5.74) is 0.934. The minimum atomic E-state index is -0.558. The minimum absolute atomic E-state index is 0.367. The van der Waals surface area contributed by atoms with Crippen molar-refractivity contribution in [3.05, 3.63) is 41.5 Å². The summed E-state index contributed by atoms with van der Waals surface area (Å²) >= 11 is 0. The van der Waals surface area contributed by atoms with Gasteiger partial charge in [0.25, 0.3) is 0 Å². The van der Waals surface area contributed by atoms with Gasteiger partial charge in [0.05, 0.1) is 0 Å². The molecule has 0 saturated heterocycles. The molecular weight excluding hydrogens is 146 g/mol. The van der Waals surface area contributed by atoms with Crippen LogP contribution in [0, 0.1) is 18.6 Å². The molecule has 0 N–H and O–H groups in total. The normalized spacial score (nSPS) is 9.73. The van der Waals surface area contributed by atoms with Gasteiger partial charge in [-0.25, -0.2) is 8.78 Å². The van der Waals surface area contributed by atoms with Crippen molar-refractivity contribution in [2.24, 2.45) is 0 Å². The van der Waals surface area contributed by atoms with Crippen LogP contribution in [0.1, 0.15) is 11.1 Å². The largest absolute Gasteiger partial charge is 0.207 e. The molecule has 2 heteroatoms. The Balaban J connectivity index is 3.36. The van der Waals surface area contributed by atoms with Crippen LogP contribution in [-0.4, -0.2) is 0 Å². The van der Waals surface area contributed by atoms with Crippen LogP contribution in [0.5, 0.6) is 0 Å². The molecule has 1 rings (SSSR count). The Bertz CT molecular complexity index is 267. The summed E-state index contributed by atoms with van der Waals surface area (Å²) in [5, 5.41) is 0. The summed E-state index contributed by atoms with van der Waals surface area (Å²) in [6.07, 6.45) is 1.38. The van der Waals surface area contributed by atoms with Gasteiger partial charge >= 0.3 is 0 Å². The fourth-order valence-corrected chi connectivity index (χ4v) is 0.972. The molecule has 0 aliphatic rings. The number of hydrogen-bond donors (Lipinski definition) is 0. The summed E-state index contributed by atoms with van der Waals surface area (Å²) in [6.45, 7) is 5.06. The van der Waals surface area contributed by atoms with Gasteiger partial charge in [-0.1, -0.05) is 12.7 Å². The standard InChI is InChI=1S/C9H8F2/c1-3-8-6(2)4-7(10)5-9(8)11/h3-5H,1H2,2H3. The van der Waals surface area contributed by atoms with Crippen molar-refractivity contribution in [2.75, 3.05) is 0 Å². The maximum atomic E-state index is 12.8. The van der Waals surface area contributed by atoms with Crippen molar-refractivity contribution in [1.29, 1.82) is 0 Å². The van der Waals surface area contributed by atoms with E-state index < -0.39 is 11.6 Å². The van der Waals surface area contributed by atoms with Gasteiger partial charge in [0.1, 0.15) is 11.6 Å². The van der Waals surface area contributed by atoms with E-state index in [1.165, 1.54) is 12.1 Å². The molecular formula is C9H8F2. The average molecular weight is 154 g/mol. The molecule has 11 heavy (non-hydrogen) atoms. The van der Waals surface area contributed by atoms with E-state index in [2.05, 4.69) is 6.58 Å². The maximum absolute atomic E-state index is 12.8. The van der Waals surface area contributed by atoms with Crippen molar-refractivity contribution in [3.8, 4) is 0 Å². The third kappa shape index (κ3) is 1.45. The predicted molar refractivity (Wildman–Crippen MR) is 41.2 cm³/mol. The topological polar surface area (TPSA) is 0 Å². The van der Waals surface area contributed by atoms with E-state index in [-0.39, 0.29) is 0 Å². The summed E-state index contributed by atoms with van der Waals surface area (Å²) < 4.78 is 25.3. The van der Waals surface area contributed by atoms with E-state index in [1.54, 1.807) is 6.92 Å². The van der Waals surface area contributed by atoms with Crippen LogP contribution in [0.25, 0.3) is 6.08 Å². The van der Waals surface area contributed by atoms with Crippen molar-refractivity contribution >= 4 is 6.08 Å². The van der Waals surface area contributed by atoms with Crippen molar-refractivity contribution in [1.82, 2.24) is 0 Å². The van der Waals surface area contributed by atoms with E-state index in [0.29, 0.717) is 11.1 Å². The van der Waals surface area contributed by atoms with Crippen LogP contribution in [0.15, 0.2) is 18.7 Å². The van der Waals surface area contributed by atoms with Crippen LogP contribution in [0.4, 0.5) is 8.78 Å². The summed E-state index contributed by atoms with van der Waals surface area (Å²) in [7, 11) is 0. The van der Waals surface area contributed by atoms with Gasteiger partial charge in [-0.3, -0.25) is 0 Å². The van der Waals surface area contributed by atoms with E-state index in [0.717, 1.165) is 6.07 Å². The molecule has 0 amide bonds. The SMILES string of the molecule is C=Cc1c(C)cc(F)cc1F. The second-order valence-electron chi connectivity index (χ2n) is 2.32. The first-order valence-electron chi connectivity index (χ1n) is 3.23. The molecule has 0 spiro atoms. The van der Waals surface area contributed by atoms with Gasteiger partial charge in [-0.2, -0.15) is 0 Å². The van der Waals surface area contributed by atoms with Gasteiger partial charge in [-0.15, -0.1) is 0 Å². The lowest BCUT2D eigenvalue weighted by Gasteiger charge is -2.00. The Morgan fingerprint density at radius 2 is 2.00 bits per heavy atom. The Hall–Kier alpha value is -1.18. The first-order valence-corrected chi connectivity index (χ1v) is 3.23. The fourth-order valence-electron chi connectivity index (χ4n) is 0.972. The molecule has 0 fully saturated rings. The zero-order valence-electron chi connectivity index (χ0n) is 6.20. The molecule has 0 atom stereocenters. The number of aryl methyl sites for hydroxylation is 1. The second-order valence-corrected chi connectivity index (χ2v) is 2.32. The van der Waals surface area contributed by atoms with Gasteiger partial charge in [0, 0.05) is 11.6 Å². The van der Waals surface area contributed by atoms with Crippen molar-refractivity contribution < 1.29 is 8.78 Å². The first-order chi connectivity index (χ1) is 5.15. The van der Waals surface area contributed by atoms with Crippen LogP contribution in [-0.2, 0) is 0 Å². The molecule has 0 aliphatic carbocycles.